The van der Waals surface area contributed by atoms with Crippen molar-refractivity contribution < 1.29 is 14.3 Å². The first-order valence-corrected chi connectivity index (χ1v) is 8.52. The highest BCUT2D eigenvalue weighted by molar-refractivity contribution is 5.87. The maximum atomic E-state index is 11.6. The summed E-state index contributed by atoms with van der Waals surface area (Å²) in [5.41, 5.74) is 2.28. The normalized spacial score (nSPS) is 14.8. The van der Waals surface area contributed by atoms with Gasteiger partial charge in [0, 0.05) is 25.9 Å². The highest BCUT2D eigenvalue weighted by atomic mass is 16.5. The van der Waals surface area contributed by atoms with E-state index in [9.17, 15) is 4.79 Å². The summed E-state index contributed by atoms with van der Waals surface area (Å²) in [4.78, 5) is 13.4. The van der Waals surface area contributed by atoms with E-state index in [1.807, 2.05) is 41.3 Å². The van der Waals surface area contributed by atoms with Crippen LogP contribution in [-0.4, -0.2) is 37.1 Å². The van der Waals surface area contributed by atoms with Crippen molar-refractivity contribution in [2.75, 3.05) is 20.2 Å². The van der Waals surface area contributed by atoms with Crippen LogP contribution < -0.4 is 9.47 Å². The number of hydrogen-bond donors (Lipinski definition) is 0. The maximum absolute atomic E-state index is 11.6. The van der Waals surface area contributed by atoms with Gasteiger partial charge in [-0.2, -0.15) is 0 Å². The maximum Gasteiger partial charge on any atom is 0.245 e. The SMILES string of the molecule is C=CC(=O)N1CCC(Oc2ccc(-c3ccc(OC)cc3)cc2)CC1. The van der Waals surface area contributed by atoms with Crippen molar-refractivity contribution in [1.82, 2.24) is 4.90 Å². The van der Waals surface area contributed by atoms with Crippen LogP contribution >= 0.6 is 0 Å². The first-order valence-electron chi connectivity index (χ1n) is 8.52. The largest absolute Gasteiger partial charge is 0.497 e. The molecule has 1 amide bonds. The van der Waals surface area contributed by atoms with Crippen LogP contribution in [0.5, 0.6) is 11.5 Å². The zero-order valence-electron chi connectivity index (χ0n) is 14.5. The third-order valence-corrected chi connectivity index (χ3v) is 4.51. The van der Waals surface area contributed by atoms with E-state index in [4.69, 9.17) is 9.47 Å². The van der Waals surface area contributed by atoms with Crippen molar-refractivity contribution >= 4 is 5.91 Å². The van der Waals surface area contributed by atoms with Crippen LogP contribution in [-0.2, 0) is 4.79 Å². The number of nitrogens with zero attached hydrogens (tertiary/aromatic N) is 1. The fourth-order valence-corrected chi connectivity index (χ4v) is 3.03. The van der Waals surface area contributed by atoms with Gasteiger partial charge in [-0.3, -0.25) is 4.79 Å². The molecule has 4 heteroatoms. The molecule has 0 radical (unpaired) electrons. The zero-order valence-corrected chi connectivity index (χ0v) is 14.5. The van der Waals surface area contributed by atoms with Crippen molar-refractivity contribution in [3.8, 4) is 22.6 Å². The summed E-state index contributed by atoms with van der Waals surface area (Å²) in [7, 11) is 1.67. The number of piperidine rings is 1. The smallest absolute Gasteiger partial charge is 0.245 e. The summed E-state index contributed by atoms with van der Waals surface area (Å²) >= 11 is 0. The standard InChI is InChI=1S/C21H23NO3/c1-3-21(23)22-14-12-20(13-15-22)25-19-10-6-17(7-11-19)16-4-8-18(24-2)9-5-16/h3-11,20H,1,12-15H2,2H3. The molecule has 1 aliphatic heterocycles. The molecule has 2 aromatic carbocycles. The molecule has 3 rings (SSSR count). The minimum absolute atomic E-state index is 0.00212. The zero-order chi connectivity index (χ0) is 17.6. The molecule has 0 saturated carbocycles. The molecule has 1 heterocycles. The first kappa shape index (κ1) is 17.1. The Balaban J connectivity index is 1.58. The first-order chi connectivity index (χ1) is 12.2. The molecule has 2 aromatic rings. The number of hydrogen-bond acceptors (Lipinski definition) is 3. The molecule has 0 bridgehead atoms. The van der Waals surface area contributed by atoms with Crippen molar-refractivity contribution in [1.29, 1.82) is 0 Å². The molecule has 0 N–H and O–H groups in total. The van der Waals surface area contributed by atoms with Crippen LogP contribution in [0.1, 0.15) is 12.8 Å². The molecule has 25 heavy (non-hydrogen) atoms. The van der Waals surface area contributed by atoms with Gasteiger partial charge in [-0.1, -0.05) is 30.8 Å². The highest BCUT2D eigenvalue weighted by Crippen LogP contribution is 2.26. The summed E-state index contributed by atoms with van der Waals surface area (Å²) in [6.45, 7) is 4.98. The van der Waals surface area contributed by atoms with E-state index >= 15 is 0 Å². The fraction of sp³-hybridized carbons (Fsp3) is 0.286. The lowest BCUT2D eigenvalue weighted by Gasteiger charge is -2.31. The minimum atomic E-state index is 0.00212. The van der Waals surface area contributed by atoms with Crippen molar-refractivity contribution in [3.63, 3.8) is 0 Å². The molecule has 4 nitrogen and oxygen atoms in total. The van der Waals surface area contributed by atoms with E-state index in [2.05, 4.69) is 18.7 Å². The van der Waals surface area contributed by atoms with E-state index in [0.29, 0.717) is 0 Å². The van der Waals surface area contributed by atoms with E-state index < -0.39 is 0 Å². The lowest BCUT2D eigenvalue weighted by Crippen LogP contribution is -2.41. The monoisotopic (exact) mass is 337 g/mol. The van der Waals surface area contributed by atoms with Crippen LogP contribution in [0.15, 0.2) is 61.2 Å². The Bertz CT molecular complexity index is 714. The molecule has 0 unspecified atom stereocenters. The third kappa shape index (κ3) is 4.21. The topological polar surface area (TPSA) is 38.8 Å². The molecule has 130 valence electrons. The summed E-state index contributed by atoms with van der Waals surface area (Å²) in [5, 5.41) is 0. The van der Waals surface area contributed by atoms with Gasteiger partial charge in [-0.05, 0) is 41.5 Å². The average molecular weight is 337 g/mol. The van der Waals surface area contributed by atoms with Gasteiger partial charge in [0.25, 0.3) is 0 Å². The summed E-state index contributed by atoms with van der Waals surface area (Å²) in [6.07, 6.45) is 3.22. The van der Waals surface area contributed by atoms with Crippen molar-refractivity contribution in [2.45, 2.75) is 18.9 Å². The van der Waals surface area contributed by atoms with Crippen LogP contribution in [0.25, 0.3) is 11.1 Å². The fourth-order valence-electron chi connectivity index (χ4n) is 3.03. The predicted molar refractivity (Wildman–Crippen MR) is 98.9 cm³/mol. The Morgan fingerprint density at radius 3 is 2.00 bits per heavy atom. The molecule has 1 aliphatic rings. The number of carbonyl (C=O) groups is 1. The summed E-state index contributed by atoms with van der Waals surface area (Å²) in [6, 6.07) is 16.1. The number of rotatable bonds is 5. The minimum Gasteiger partial charge on any atom is -0.497 e. The van der Waals surface area contributed by atoms with Gasteiger partial charge in [-0.15, -0.1) is 0 Å². The number of ether oxygens (including phenoxy) is 2. The van der Waals surface area contributed by atoms with Crippen LogP contribution in [0, 0.1) is 0 Å². The molecule has 0 spiro atoms. The summed E-state index contributed by atoms with van der Waals surface area (Å²) < 4.78 is 11.2. The Kier molecular flexibility index (Phi) is 5.39. The van der Waals surface area contributed by atoms with E-state index in [1.54, 1.807) is 7.11 Å². The van der Waals surface area contributed by atoms with Gasteiger partial charge in [-0.25, -0.2) is 0 Å². The second-order valence-corrected chi connectivity index (χ2v) is 6.10. The highest BCUT2D eigenvalue weighted by Gasteiger charge is 2.22. The van der Waals surface area contributed by atoms with Gasteiger partial charge in [0.15, 0.2) is 0 Å². The summed E-state index contributed by atoms with van der Waals surface area (Å²) in [5.74, 6) is 1.72. The van der Waals surface area contributed by atoms with E-state index in [1.165, 1.54) is 6.08 Å². The second-order valence-electron chi connectivity index (χ2n) is 6.10. The molecule has 0 aliphatic carbocycles. The molecule has 1 fully saturated rings. The average Bonchev–Trinajstić information content (AvgIpc) is 2.68. The predicted octanol–water partition coefficient (Wildman–Crippen LogP) is 3.92. The Morgan fingerprint density at radius 2 is 1.52 bits per heavy atom. The molecule has 0 aromatic heterocycles. The third-order valence-electron chi connectivity index (χ3n) is 4.51. The van der Waals surface area contributed by atoms with Gasteiger partial charge in [0.1, 0.15) is 17.6 Å². The number of likely N-dealkylation sites (tertiary alicyclic amines) is 1. The number of methoxy groups -OCH3 is 1. The van der Waals surface area contributed by atoms with Gasteiger partial charge in [0.05, 0.1) is 7.11 Å². The Morgan fingerprint density at radius 1 is 1.00 bits per heavy atom. The van der Waals surface area contributed by atoms with Crippen LogP contribution in [0.3, 0.4) is 0 Å². The number of carbonyl (C=O) groups excluding carboxylic acids is 1. The number of benzene rings is 2. The Hall–Kier alpha value is -2.75. The lowest BCUT2D eigenvalue weighted by molar-refractivity contribution is -0.127. The van der Waals surface area contributed by atoms with Crippen LogP contribution in [0.4, 0.5) is 0 Å². The van der Waals surface area contributed by atoms with E-state index in [-0.39, 0.29) is 12.0 Å². The van der Waals surface area contributed by atoms with Gasteiger partial charge < -0.3 is 14.4 Å². The quantitative estimate of drug-likeness (QED) is 0.776. The Labute approximate surface area is 148 Å². The van der Waals surface area contributed by atoms with Crippen molar-refractivity contribution in [3.05, 3.63) is 61.2 Å². The molecular weight excluding hydrogens is 314 g/mol. The van der Waals surface area contributed by atoms with Crippen LogP contribution in [0.2, 0.25) is 0 Å². The lowest BCUT2D eigenvalue weighted by atomic mass is 10.1. The molecule has 1 saturated heterocycles. The van der Waals surface area contributed by atoms with Gasteiger partial charge in [0.2, 0.25) is 5.91 Å². The second kappa shape index (κ2) is 7.88. The van der Waals surface area contributed by atoms with Crippen molar-refractivity contribution in [2.24, 2.45) is 0 Å². The molecule has 0 atom stereocenters. The van der Waals surface area contributed by atoms with E-state index in [0.717, 1.165) is 48.6 Å². The number of amides is 1. The van der Waals surface area contributed by atoms with Gasteiger partial charge >= 0.3 is 0 Å². The molecular formula is C21H23NO3.